The first-order valence-corrected chi connectivity index (χ1v) is 9.91. The highest BCUT2D eigenvalue weighted by Crippen LogP contribution is 2.21. The van der Waals surface area contributed by atoms with Crippen molar-refractivity contribution in [2.75, 3.05) is 19.6 Å². The van der Waals surface area contributed by atoms with Crippen molar-refractivity contribution >= 4 is 21.8 Å². The summed E-state index contributed by atoms with van der Waals surface area (Å²) in [5, 5.41) is 6.07. The van der Waals surface area contributed by atoms with Crippen molar-refractivity contribution in [3.05, 3.63) is 53.3 Å². The molecule has 1 aromatic carbocycles. The van der Waals surface area contributed by atoms with Gasteiger partial charge in [-0.05, 0) is 30.2 Å². The molecular weight excluding hydrogens is 370 g/mol. The molecule has 0 bridgehead atoms. The third kappa shape index (κ3) is 4.54. The number of benzene rings is 1. The summed E-state index contributed by atoms with van der Waals surface area (Å²) < 4.78 is 26.5. The zero-order valence-electron chi connectivity index (χ0n) is 14.5. The van der Waals surface area contributed by atoms with Crippen LogP contribution >= 0.6 is 0 Å². The van der Waals surface area contributed by atoms with Crippen molar-refractivity contribution in [1.29, 1.82) is 0 Å². The topological polar surface area (TPSA) is 146 Å². The number of carbonyl (C=O) groups excluding carboxylic acids is 2. The Morgan fingerprint density at radius 3 is 2.78 bits per heavy atom. The van der Waals surface area contributed by atoms with E-state index in [1.54, 1.807) is 0 Å². The fraction of sp³-hybridized carbons (Fsp3) is 0.294. The van der Waals surface area contributed by atoms with E-state index in [9.17, 15) is 18.0 Å². The van der Waals surface area contributed by atoms with Gasteiger partial charge in [0.25, 0.3) is 5.91 Å². The molecule has 2 heterocycles. The van der Waals surface area contributed by atoms with Crippen LogP contribution in [0.5, 0.6) is 0 Å². The number of fused-ring (bicyclic) bond motifs is 1. The van der Waals surface area contributed by atoms with Gasteiger partial charge in [-0.3, -0.25) is 9.59 Å². The minimum absolute atomic E-state index is 0.0155. The van der Waals surface area contributed by atoms with Gasteiger partial charge in [0, 0.05) is 18.8 Å². The summed E-state index contributed by atoms with van der Waals surface area (Å²) in [5.74, 6) is -1.22. The molecule has 9 nitrogen and oxygen atoms in total. The molecule has 10 heteroatoms. The van der Waals surface area contributed by atoms with Gasteiger partial charge >= 0.3 is 0 Å². The maximum absolute atomic E-state index is 12.2. The molecule has 1 aliphatic heterocycles. The van der Waals surface area contributed by atoms with Gasteiger partial charge < -0.3 is 21.4 Å². The monoisotopic (exact) mass is 391 g/mol. The Morgan fingerprint density at radius 2 is 2.04 bits per heavy atom. The van der Waals surface area contributed by atoms with Crippen LogP contribution in [0.4, 0.5) is 0 Å². The fourth-order valence-electron chi connectivity index (χ4n) is 2.97. The number of sulfonamides is 1. The maximum atomic E-state index is 12.2. The zero-order chi connectivity index (χ0) is 19.4. The van der Waals surface area contributed by atoms with Crippen LogP contribution in [0.2, 0.25) is 0 Å². The first-order valence-electron chi connectivity index (χ1n) is 8.42. The Hall–Kier alpha value is -2.69. The van der Waals surface area contributed by atoms with Gasteiger partial charge in [-0.2, -0.15) is 0 Å². The van der Waals surface area contributed by atoms with E-state index in [1.165, 1.54) is 5.56 Å². The number of amides is 2. The lowest BCUT2D eigenvalue weighted by Gasteiger charge is -2.27. The molecular formula is C17H21N5O4S. The summed E-state index contributed by atoms with van der Waals surface area (Å²) in [7, 11) is -3.93. The largest absolute Gasteiger partial charge is 0.364 e. The van der Waals surface area contributed by atoms with E-state index < -0.39 is 28.4 Å². The average Bonchev–Trinajstić information content (AvgIpc) is 3.16. The van der Waals surface area contributed by atoms with Crippen LogP contribution in [0.25, 0.3) is 0 Å². The number of H-pyrrole nitrogens is 1. The molecule has 144 valence electrons. The molecule has 0 fully saturated rings. The molecule has 27 heavy (non-hydrogen) atoms. The van der Waals surface area contributed by atoms with E-state index in [-0.39, 0.29) is 16.6 Å². The van der Waals surface area contributed by atoms with Crippen molar-refractivity contribution < 1.29 is 18.0 Å². The van der Waals surface area contributed by atoms with Crippen molar-refractivity contribution in [3.8, 4) is 0 Å². The smallest absolute Gasteiger partial charge is 0.265 e. The lowest BCUT2D eigenvalue weighted by Crippen LogP contribution is -2.42. The summed E-state index contributed by atoms with van der Waals surface area (Å²) in [5.41, 5.74) is 7.43. The molecule has 0 saturated carbocycles. The number of hydrogen-bond acceptors (Lipinski definition) is 5. The van der Waals surface area contributed by atoms with Crippen molar-refractivity contribution in [2.45, 2.75) is 17.4 Å². The third-order valence-corrected chi connectivity index (χ3v) is 5.75. The Kier molecular flexibility index (Phi) is 5.59. The van der Waals surface area contributed by atoms with Crippen molar-refractivity contribution in [1.82, 2.24) is 20.3 Å². The number of aromatic amines is 1. The summed E-state index contributed by atoms with van der Waals surface area (Å²) in [6.45, 7) is 0.765. The van der Waals surface area contributed by atoms with E-state index in [0.29, 0.717) is 6.54 Å². The number of aromatic nitrogens is 1. The Labute approximate surface area is 156 Å². The lowest BCUT2D eigenvalue weighted by molar-refractivity contribution is -0.120. The van der Waals surface area contributed by atoms with E-state index >= 15 is 0 Å². The predicted molar refractivity (Wildman–Crippen MR) is 98.4 cm³/mol. The molecule has 2 aromatic rings. The fourth-order valence-corrected chi connectivity index (χ4v) is 3.94. The summed E-state index contributed by atoms with van der Waals surface area (Å²) in [6, 6.07) is 9.12. The maximum Gasteiger partial charge on any atom is 0.265 e. The molecule has 3 rings (SSSR count). The minimum Gasteiger partial charge on any atom is -0.364 e. The first kappa shape index (κ1) is 19.1. The molecule has 0 radical (unpaired) electrons. The number of nitrogens with two attached hydrogens (primary N) is 1. The van der Waals surface area contributed by atoms with Crippen LogP contribution in [-0.2, 0) is 21.2 Å². The van der Waals surface area contributed by atoms with Gasteiger partial charge in [0.2, 0.25) is 15.9 Å². The lowest BCUT2D eigenvalue weighted by atomic mass is 9.94. The van der Waals surface area contributed by atoms with Crippen LogP contribution in [0.15, 0.2) is 41.4 Å². The SMILES string of the molecule is NC(=O)c1cc(S(=O)(=O)NCC(=O)NCC2NCCc3ccccc32)c[nH]1. The highest BCUT2D eigenvalue weighted by Gasteiger charge is 2.21. The Bertz CT molecular complexity index is 954. The number of carbonyl (C=O) groups is 2. The van der Waals surface area contributed by atoms with E-state index in [2.05, 4.69) is 26.4 Å². The number of primary amides is 1. The summed E-state index contributed by atoms with van der Waals surface area (Å²) >= 11 is 0. The second-order valence-corrected chi connectivity index (χ2v) is 7.96. The molecule has 6 N–H and O–H groups in total. The number of nitrogens with one attached hydrogen (secondary N) is 4. The normalized spacial score (nSPS) is 16.5. The highest BCUT2D eigenvalue weighted by molar-refractivity contribution is 7.89. The molecule has 1 atom stereocenters. The summed E-state index contributed by atoms with van der Waals surface area (Å²) in [6.07, 6.45) is 2.08. The average molecular weight is 391 g/mol. The second-order valence-electron chi connectivity index (χ2n) is 6.20. The second kappa shape index (κ2) is 7.91. The van der Waals surface area contributed by atoms with Crippen LogP contribution in [0.1, 0.15) is 27.7 Å². The van der Waals surface area contributed by atoms with Gasteiger partial charge in [-0.15, -0.1) is 0 Å². The molecule has 2 amide bonds. The van der Waals surface area contributed by atoms with Crippen LogP contribution in [0.3, 0.4) is 0 Å². The van der Waals surface area contributed by atoms with Gasteiger partial charge in [-0.25, -0.2) is 13.1 Å². The Morgan fingerprint density at radius 1 is 1.26 bits per heavy atom. The highest BCUT2D eigenvalue weighted by atomic mass is 32.2. The van der Waals surface area contributed by atoms with Gasteiger partial charge in [0.1, 0.15) is 10.6 Å². The molecule has 1 aromatic heterocycles. The van der Waals surface area contributed by atoms with Crippen molar-refractivity contribution in [2.24, 2.45) is 5.73 Å². The van der Waals surface area contributed by atoms with E-state index in [4.69, 9.17) is 5.73 Å². The molecule has 1 unspecified atom stereocenters. The van der Waals surface area contributed by atoms with Crippen molar-refractivity contribution in [3.63, 3.8) is 0 Å². The van der Waals surface area contributed by atoms with E-state index in [0.717, 1.165) is 30.8 Å². The van der Waals surface area contributed by atoms with Crippen LogP contribution in [-0.4, -0.2) is 44.9 Å². The first-order chi connectivity index (χ1) is 12.9. The molecule has 1 aliphatic rings. The Balaban J connectivity index is 1.53. The van der Waals surface area contributed by atoms with Gasteiger partial charge in [0.15, 0.2) is 0 Å². The molecule has 0 saturated heterocycles. The molecule has 0 aliphatic carbocycles. The third-order valence-electron chi connectivity index (χ3n) is 4.37. The van der Waals surface area contributed by atoms with E-state index in [1.807, 2.05) is 18.2 Å². The van der Waals surface area contributed by atoms with Crippen LogP contribution in [0, 0.1) is 0 Å². The predicted octanol–water partition coefficient (Wildman–Crippen LogP) is -0.605. The summed E-state index contributed by atoms with van der Waals surface area (Å²) in [4.78, 5) is 25.4. The minimum atomic E-state index is -3.93. The molecule has 0 spiro atoms. The quantitative estimate of drug-likeness (QED) is 0.427. The standard InChI is InChI=1S/C17H21N5O4S/c18-17(24)14-7-12(8-20-14)27(25,26)22-10-16(23)21-9-15-13-4-2-1-3-11(13)5-6-19-15/h1-4,7-8,15,19-20,22H,5-6,9-10H2,(H2,18,24)(H,21,23). The number of rotatable bonds is 7. The van der Waals surface area contributed by atoms with Gasteiger partial charge in [0.05, 0.1) is 6.54 Å². The zero-order valence-corrected chi connectivity index (χ0v) is 15.3. The number of hydrogen-bond donors (Lipinski definition) is 5. The van der Waals surface area contributed by atoms with Crippen LogP contribution < -0.4 is 21.1 Å². The van der Waals surface area contributed by atoms with Gasteiger partial charge in [-0.1, -0.05) is 24.3 Å².